The highest BCUT2D eigenvalue weighted by Crippen LogP contribution is 2.25. The summed E-state index contributed by atoms with van der Waals surface area (Å²) in [7, 11) is 0. The van der Waals surface area contributed by atoms with Crippen molar-refractivity contribution in [3.8, 4) is 0 Å². The Labute approximate surface area is 254 Å². The lowest BCUT2D eigenvalue weighted by Gasteiger charge is -2.29. The van der Waals surface area contributed by atoms with Crippen molar-refractivity contribution in [3.63, 3.8) is 0 Å². The first-order chi connectivity index (χ1) is 20.5. The van der Waals surface area contributed by atoms with E-state index in [4.69, 9.17) is 0 Å². The molecule has 0 aromatic heterocycles. The number of rotatable bonds is 13. The van der Waals surface area contributed by atoms with Crippen LogP contribution in [0.5, 0.6) is 0 Å². The first-order valence-corrected chi connectivity index (χ1v) is 17.7. The highest BCUT2D eigenvalue weighted by molar-refractivity contribution is 5.87. The molecular formula is C34H58N4O4. The first-order valence-electron chi connectivity index (χ1n) is 17.7. The van der Waals surface area contributed by atoms with Crippen molar-refractivity contribution in [2.24, 2.45) is 11.8 Å². The Bertz CT molecular complexity index is 786. The van der Waals surface area contributed by atoms with Crippen LogP contribution in [0.4, 0.5) is 0 Å². The molecule has 0 aliphatic heterocycles. The van der Waals surface area contributed by atoms with Crippen LogP contribution >= 0.6 is 0 Å². The second-order valence-electron chi connectivity index (χ2n) is 13.9. The Morgan fingerprint density at radius 1 is 0.405 bits per heavy atom. The lowest BCUT2D eigenvalue weighted by Crippen LogP contribution is -2.44. The van der Waals surface area contributed by atoms with Crippen molar-refractivity contribution in [3.05, 3.63) is 0 Å². The number of nitrogens with one attached hydrogen (secondary N) is 4. The van der Waals surface area contributed by atoms with E-state index in [9.17, 15) is 19.2 Å². The van der Waals surface area contributed by atoms with Crippen LogP contribution in [0.2, 0.25) is 0 Å². The Kier molecular flexibility index (Phi) is 13.9. The van der Waals surface area contributed by atoms with Gasteiger partial charge >= 0.3 is 0 Å². The minimum atomic E-state index is -0.498. The van der Waals surface area contributed by atoms with Crippen molar-refractivity contribution in [1.29, 1.82) is 0 Å². The van der Waals surface area contributed by atoms with Crippen LogP contribution in [0.1, 0.15) is 154 Å². The SMILES string of the molecule is O=C(CC(CCC(CC(=O)NC1CCCCC1)C(=O)NC1CCCCC1)C(=O)NC1CCCCC1)NC1CCCCC1. The second-order valence-corrected chi connectivity index (χ2v) is 13.9. The molecule has 0 saturated heterocycles. The van der Waals surface area contributed by atoms with E-state index >= 15 is 0 Å². The largest absolute Gasteiger partial charge is 0.353 e. The lowest BCUT2D eigenvalue weighted by atomic mass is 9.87. The normalized spacial score (nSPS) is 23.0. The van der Waals surface area contributed by atoms with Crippen molar-refractivity contribution in [2.45, 2.75) is 178 Å². The van der Waals surface area contributed by atoms with E-state index < -0.39 is 11.8 Å². The summed E-state index contributed by atoms with van der Waals surface area (Å²) in [6, 6.07) is 0.736. The first kappa shape index (κ1) is 32.8. The summed E-state index contributed by atoms with van der Waals surface area (Å²) in [4.78, 5) is 53.4. The van der Waals surface area contributed by atoms with E-state index in [0.717, 1.165) is 103 Å². The number of carbonyl (C=O) groups is 4. The Morgan fingerprint density at radius 2 is 0.667 bits per heavy atom. The molecule has 0 aromatic rings. The lowest BCUT2D eigenvalue weighted by molar-refractivity contribution is -0.133. The molecule has 4 rings (SSSR count). The zero-order chi connectivity index (χ0) is 29.6. The van der Waals surface area contributed by atoms with Crippen molar-refractivity contribution in [1.82, 2.24) is 21.3 Å². The van der Waals surface area contributed by atoms with Gasteiger partial charge in [0.05, 0.1) is 0 Å². The molecule has 238 valence electrons. The number of amides is 4. The Hall–Kier alpha value is -2.12. The van der Waals surface area contributed by atoms with Gasteiger partial charge in [-0.15, -0.1) is 0 Å². The highest BCUT2D eigenvalue weighted by atomic mass is 16.2. The molecule has 4 aliphatic rings. The number of hydrogen-bond donors (Lipinski definition) is 4. The van der Waals surface area contributed by atoms with Gasteiger partial charge in [0.1, 0.15) is 0 Å². The minimum absolute atomic E-state index is 0.0658. The molecule has 4 saturated carbocycles. The summed E-state index contributed by atoms with van der Waals surface area (Å²) >= 11 is 0. The fourth-order valence-corrected chi connectivity index (χ4v) is 7.70. The van der Waals surface area contributed by atoms with Crippen LogP contribution in [0.25, 0.3) is 0 Å². The van der Waals surface area contributed by atoms with Gasteiger partial charge in [0.2, 0.25) is 23.6 Å². The monoisotopic (exact) mass is 586 g/mol. The molecule has 2 atom stereocenters. The average molecular weight is 587 g/mol. The van der Waals surface area contributed by atoms with E-state index in [-0.39, 0.29) is 60.6 Å². The summed E-state index contributed by atoms with van der Waals surface area (Å²) in [6.45, 7) is 0. The van der Waals surface area contributed by atoms with Crippen molar-refractivity contribution in [2.75, 3.05) is 0 Å². The molecule has 42 heavy (non-hydrogen) atoms. The fourth-order valence-electron chi connectivity index (χ4n) is 7.70. The smallest absolute Gasteiger partial charge is 0.223 e. The van der Waals surface area contributed by atoms with Gasteiger partial charge in [-0.3, -0.25) is 19.2 Å². The van der Waals surface area contributed by atoms with E-state index in [2.05, 4.69) is 21.3 Å². The van der Waals surface area contributed by atoms with Gasteiger partial charge in [0.25, 0.3) is 0 Å². The molecule has 0 aromatic carbocycles. The maximum absolute atomic E-state index is 13.6. The molecule has 0 bridgehead atoms. The molecule has 8 heteroatoms. The quantitative estimate of drug-likeness (QED) is 0.226. The topological polar surface area (TPSA) is 116 Å². The highest BCUT2D eigenvalue weighted by Gasteiger charge is 2.31. The standard InChI is InChI=1S/C34H58N4O4/c39-31(35-27-13-5-1-6-14-27)23-25(33(41)37-29-17-9-3-10-18-29)21-22-26(34(42)38-30-19-11-4-12-20-30)24-32(40)36-28-15-7-2-8-16-28/h25-30H,1-24H2,(H,35,39)(H,36,40)(H,37,41)(H,38,42). The van der Waals surface area contributed by atoms with E-state index in [1.165, 1.54) is 25.7 Å². The molecule has 4 N–H and O–H groups in total. The molecule has 2 unspecified atom stereocenters. The van der Waals surface area contributed by atoms with Crippen LogP contribution in [0, 0.1) is 11.8 Å². The minimum Gasteiger partial charge on any atom is -0.353 e. The summed E-state index contributed by atoms with van der Waals surface area (Å²) in [5.41, 5.74) is 0. The summed E-state index contributed by atoms with van der Waals surface area (Å²) in [6.07, 6.45) is 23.0. The summed E-state index contributed by atoms with van der Waals surface area (Å²) in [5.74, 6) is -1.27. The predicted molar refractivity (Wildman–Crippen MR) is 166 cm³/mol. The Morgan fingerprint density at radius 3 is 0.952 bits per heavy atom. The fraction of sp³-hybridized carbons (Fsp3) is 0.882. The number of carbonyl (C=O) groups excluding carboxylic acids is 4. The van der Waals surface area contributed by atoms with Gasteiger partial charge in [-0.05, 0) is 64.2 Å². The van der Waals surface area contributed by atoms with E-state index in [1.807, 2.05) is 0 Å². The third-order valence-corrected chi connectivity index (χ3v) is 10.3. The molecule has 4 amide bonds. The Balaban J connectivity index is 1.39. The second kappa shape index (κ2) is 17.9. The predicted octanol–water partition coefficient (Wildman–Crippen LogP) is 5.57. The van der Waals surface area contributed by atoms with Crippen molar-refractivity contribution >= 4 is 23.6 Å². The molecule has 0 radical (unpaired) electrons. The molecule has 8 nitrogen and oxygen atoms in total. The molecule has 0 spiro atoms. The van der Waals surface area contributed by atoms with E-state index in [1.54, 1.807) is 0 Å². The van der Waals surface area contributed by atoms with Gasteiger partial charge in [0, 0.05) is 48.8 Å². The van der Waals surface area contributed by atoms with Crippen LogP contribution < -0.4 is 21.3 Å². The van der Waals surface area contributed by atoms with Gasteiger partial charge < -0.3 is 21.3 Å². The van der Waals surface area contributed by atoms with Crippen LogP contribution in [0.3, 0.4) is 0 Å². The molecule has 4 fully saturated rings. The van der Waals surface area contributed by atoms with Crippen molar-refractivity contribution < 1.29 is 19.2 Å². The van der Waals surface area contributed by atoms with Gasteiger partial charge in [0.15, 0.2) is 0 Å². The van der Waals surface area contributed by atoms with Gasteiger partial charge in [-0.2, -0.15) is 0 Å². The summed E-state index contributed by atoms with van der Waals surface area (Å²) < 4.78 is 0. The number of hydrogen-bond acceptors (Lipinski definition) is 4. The third kappa shape index (κ3) is 11.5. The van der Waals surface area contributed by atoms with Gasteiger partial charge in [-0.25, -0.2) is 0 Å². The van der Waals surface area contributed by atoms with Gasteiger partial charge in [-0.1, -0.05) is 77.0 Å². The maximum Gasteiger partial charge on any atom is 0.223 e. The molecular weight excluding hydrogens is 528 g/mol. The zero-order valence-corrected chi connectivity index (χ0v) is 26.1. The van der Waals surface area contributed by atoms with Crippen LogP contribution in [-0.2, 0) is 19.2 Å². The summed E-state index contributed by atoms with van der Waals surface area (Å²) in [5, 5.41) is 12.9. The molecule has 0 heterocycles. The zero-order valence-electron chi connectivity index (χ0n) is 26.1. The van der Waals surface area contributed by atoms with Crippen LogP contribution in [-0.4, -0.2) is 47.8 Å². The van der Waals surface area contributed by atoms with Crippen LogP contribution in [0.15, 0.2) is 0 Å². The average Bonchev–Trinajstić information content (AvgIpc) is 3.00. The van der Waals surface area contributed by atoms with E-state index in [0.29, 0.717) is 12.8 Å². The third-order valence-electron chi connectivity index (χ3n) is 10.3. The maximum atomic E-state index is 13.6. The molecule has 4 aliphatic carbocycles.